The van der Waals surface area contributed by atoms with Crippen molar-refractivity contribution in [1.29, 1.82) is 0 Å². The lowest BCUT2D eigenvalue weighted by Crippen LogP contribution is -2.26. The quantitative estimate of drug-likeness (QED) is 0.629. The number of carbonyl (C=O) groups is 1. The third-order valence-electron chi connectivity index (χ3n) is 1.28. The van der Waals surface area contributed by atoms with E-state index in [-0.39, 0.29) is 5.91 Å². The second kappa shape index (κ2) is 7.16. The molecule has 3 heteroatoms. The molecule has 0 aliphatic rings. The number of hydrogen-bond acceptors (Lipinski definition) is 2. The first-order valence-electron chi connectivity index (χ1n) is 4.25. The summed E-state index contributed by atoms with van der Waals surface area (Å²) in [4.78, 5) is 11.0. The highest BCUT2D eigenvalue weighted by molar-refractivity contribution is 5.77. The van der Waals surface area contributed by atoms with E-state index in [0.717, 1.165) is 6.42 Å². The molecule has 0 atom stereocenters. The van der Waals surface area contributed by atoms with Crippen molar-refractivity contribution in [3.63, 3.8) is 0 Å². The van der Waals surface area contributed by atoms with Crippen molar-refractivity contribution in [3.05, 3.63) is 36.7 Å². The van der Waals surface area contributed by atoms with Crippen LogP contribution in [0.1, 0.15) is 19.8 Å². The highest BCUT2D eigenvalue weighted by atomic mass is 16.1. The molecule has 0 aromatic rings. The minimum Gasteiger partial charge on any atom is -0.385 e. The third-order valence-corrected chi connectivity index (χ3v) is 1.28. The summed E-state index contributed by atoms with van der Waals surface area (Å²) in [5.74, 6) is 0.305. The highest BCUT2D eigenvalue weighted by Gasteiger charge is 1.97. The van der Waals surface area contributed by atoms with Gasteiger partial charge in [-0.3, -0.25) is 4.79 Å². The molecule has 0 aliphatic heterocycles. The second-order valence-electron chi connectivity index (χ2n) is 2.54. The van der Waals surface area contributed by atoms with Gasteiger partial charge < -0.3 is 11.1 Å². The van der Waals surface area contributed by atoms with E-state index in [9.17, 15) is 4.79 Å². The molecular weight excluding hydrogens is 164 g/mol. The molecule has 3 N–H and O–H groups in total. The summed E-state index contributed by atoms with van der Waals surface area (Å²) in [6, 6.07) is 0. The molecule has 0 heterocycles. The first-order chi connectivity index (χ1) is 6.20. The van der Waals surface area contributed by atoms with E-state index in [0.29, 0.717) is 12.2 Å². The molecule has 0 unspecified atom stereocenters. The van der Waals surface area contributed by atoms with Gasteiger partial charge in [0.05, 0.1) is 0 Å². The Bertz CT molecular complexity index is 229. The molecule has 0 fully saturated rings. The average Bonchev–Trinajstić information content (AvgIpc) is 2.05. The maximum absolute atomic E-state index is 11.0. The summed E-state index contributed by atoms with van der Waals surface area (Å²) in [7, 11) is 0. The lowest BCUT2D eigenvalue weighted by atomic mass is 10.3. The third kappa shape index (κ3) is 6.87. The topological polar surface area (TPSA) is 55.1 Å². The van der Waals surface area contributed by atoms with E-state index >= 15 is 0 Å². The van der Waals surface area contributed by atoms with Crippen molar-refractivity contribution in [2.24, 2.45) is 5.73 Å². The number of allylic oxidation sites excluding steroid dienone is 4. The Hall–Kier alpha value is -1.51. The summed E-state index contributed by atoms with van der Waals surface area (Å²) in [6.07, 6.45) is 8.03. The van der Waals surface area contributed by atoms with Gasteiger partial charge in [0.2, 0.25) is 5.91 Å². The van der Waals surface area contributed by atoms with Crippen LogP contribution in [0.25, 0.3) is 0 Å². The molecule has 0 aliphatic carbocycles. The van der Waals surface area contributed by atoms with E-state index < -0.39 is 0 Å². The van der Waals surface area contributed by atoms with Crippen LogP contribution in [0, 0.1) is 0 Å². The monoisotopic (exact) mass is 180 g/mol. The van der Waals surface area contributed by atoms with Crippen LogP contribution < -0.4 is 11.1 Å². The van der Waals surface area contributed by atoms with Gasteiger partial charge in [0.1, 0.15) is 5.82 Å². The van der Waals surface area contributed by atoms with E-state index in [1.165, 1.54) is 0 Å². The molecule has 0 saturated heterocycles. The normalized spacial score (nSPS) is 11.6. The Morgan fingerprint density at radius 1 is 1.54 bits per heavy atom. The molecule has 0 saturated carbocycles. The zero-order chi connectivity index (χ0) is 10.1. The van der Waals surface area contributed by atoms with Crippen LogP contribution in [0.2, 0.25) is 0 Å². The van der Waals surface area contributed by atoms with Crippen LogP contribution >= 0.6 is 0 Å². The largest absolute Gasteiger partial charge is 0.385 e. The van der Waals surface area contributed by atoms with Crippen molar-refractivity contribution in [2.45, 2.75) is 19.8 Å². The lowest BCUT2D eigenvalue weighted by Gasteiger charge is -2.01. The highest BCUT2D eigenvalue weighted by Crippen LogP contribution is 1.88. The van der Waals surface area contributed by atoms with Crippen molar-refractivity contribution in [3.8, 4) is 0 Å². The summed E-state index contributed by atoms with van der Waals surface area (Å²) in [5, 5.41) is 2.55. The van der Waals surface area contributed by atoms with Crippen molar-refractivity contribution in [1.82, 2.24) is 5.32 Å². The summed E-state index contributed by atoms with van der Waals surface area (Å²) in [6.45, 7) is 5.45. The first kappa shape index (κ1) is 11.5. The maximum Gasteiger partial charge on any atom is 0.225 e. The van der Waals surface area contributed by atoms with E-state index in [2.05, 4.69) is 11.9 Å². The number of hydrogen-bond donors (Lipinski definition) is 2. The fraction of sp³-hybridized carbons (Fsp3) is 0.300. The van der Waals surface area contributed by atoms with Crippen molar-refractivity contribution >= 4 is 5.91 Å². The van der Waals surface area contributed by atoms with E-state index in [1.807, 2.05) is 6.92 Å². The minimum atomic E-state index is -0.0525. The van der Waals surface area contributed by atoms with E-state index in [1.54, 1.807) is 24.3 Å². The molecule has 0 spiro atoms. The Balaban J connectivity index is 3.90. The first-order valence-corrected chi connectivity index (χ1v) is 4.25. The predicted octanol–water partition coefficient (Wildman–Crippen LogP) is 1.45. The van der Waals surface area contributed by atoms with Crippen LogP contribution in [-0.2, 0) is 4.79 Å². The predicted molar refractivity (Wildman–Crippen MR) is 54.7 cm³/mol. The second-order valence-corrected chi connectivity index (χ2v) is 2.54. The molecule has 0 rings (SSSR count). The Morgan fingerprint density at radius 3 is 2.77 bits per heavy atom. The van der Waals surface area contributed by atoms with Gasteiger partial charge in [-0.1, -0.05) is 31.7 Å². The van der Waals surface area contributed by atoms with Gasteiger partial charge in [-0.25, -0.2) is 0 Å². The number of amides is 1. The van der Waals surface area contributed by atoms with Gasteiger partial charge >= 0.3 is 0 Å². The lowest BCUT2D eigenvalue weighted by molar-refractivity contribution is -0.120. The van der Waals surface area contributed by atoms with Gasteiger partial charge in [0.15, 0.2) is 0 Å². The number of rotatable bonds is 5. The minimum absolute atomic E-state index is 0.0525. The average molecular weight is 180 g/mol. The Kier molecular flexibility index (Phi) is 6.32. The fourth-order valence-electron chi connectivity index (χ4n) is 0.730. The summed E-state index contributed by atoms with van der Waals surface area (Å²) < 4.78 is 0. The molecule has 3 nitrogen and oxygen atoms in total. The molecule has 0 aromatic heterocycles. The molecule has 0 bridgehead atoms. The SMILES string of the molecule is C=C/C=C\C=C(/N)NC(=O)CCC. The van der Waals surface area contributed by atoms with Crippen LogP contribution in [0.3, 0.4) is 0 Å². The van der Waals surface area contributed by atoms with Crippen LogP contribution in [0.5, 0.6) is 0 Å². The number of carbonyl (C=O) groups excluding carboxylic acids is 1. The maximum atomic E-state index is 11.0. The van der Waals surface area contributed by atoms with Crippen molar-refractivity contribution in [2.75, 3.05) is 0 Å². The van der Waals surface area contributed by atoms with Crippen LogP contribution in [0.15, 0.2) is 36.7 Å². The van der Waals surface area contributed by atoms with Crippen LogP contribution in [0.4, 0.5) is 0 Å². The van der Waals surface area contributed by atoms with Crippen molar-refractivity contribution < 1.29 is 4.79 Å². The zero-order valence-electron chi connectivity index (χ0n) is 7.92. The Labute approximate surface area is 79.0 Å². The van der Waals surface area contributed by atoms with Gasteiger partial charge in [-0.05, 0) is 12.5 Å². The van der Waals surface area contributed by atoms with Gasteiger partial charge in [-0.15, -0.1) is 0 Å². The summed E-state index contributed by atoms with van der Waals surface area (Å²) >= 11 is 0. The molecule has 0 aromatic carbocycles. The molecule has 13 heavy (non-hydrogen) atoms. The van der Waals surface area contributed by atoms with Crippen LogP contribution in [-0.4, -0.2) is 5.91 Å². The molecule has 1 amide bonds. The fourth-order valence-corrected chi connectivity index (χ4v) is 0.730. The van der Waals surface area contributed by atoms with E-state index in [4.69, 9.17) is 5.73 Å². The molecule has 0 radical (unpaired) electrons. The summed E-state index contributed by atoms with van der Waals surface area (Å²) in [5.41, 5.74) is 5.49. The van der Waals surface area contributed by atoms with Gasteiger partial charge in [0.25, 0.3) is 0 Å². The number of nitrogens with two attached hydrogens (primary N) is 1. The van der Waals surface area contributed by atoms with Gasteiger partial charge in [0, 0.05) is 6.42 Å². The zero-order valence-corrected chi connectivity index (χ0v) is 7.92. The Morgan fingerprint density at radius 2 is 2.23 bits per heavy atom. The smallest absolute Gasteiger partial charge is 0.225 e. The standard InChI is InChI=1S/C10H16N2O/c1-3-5-6-8-9(11)12-10(13)7-4-2/h3,5-6,8H,1,4,7,11H2,2H3,(H,12,13)/b6-5-,9-8+. The molecule has 72 valence electrons. The number of nitrogens with one attached hydrogen (secondary N) is 1. The molecular formula is C10H16N2O. The van der Waals surface area contributed by atoms with Gasteiger partial charge in [-0.2, -0.15) is 0 Å².